The van der Waals surface area contributed by atoms with Gasteiger partial charge in [0.2, 0.25) is 10.0 Å². The van der Waals surface area contributed by atoms with Crippen LogP contribution in [0.4, 0.5) is 0 Å². The summed E-state index contributed by atoms with van der Waals surface area (Å²) in [5.41, 5.74) is 0. The van der Waals surface area contributed by atoms with E-state index in [1.807, 2.05) is 0 Å². The summed E-state index contributed by atoms with van der Waals surface area (Å²) in [7, 11) is -3.50. The number of rotatable bonds is 3. The van der Waals surface area contributed by atoms with E-state index in [0.29, 0.717) is 12.8 Å². The van der Waals surface area contributed by atoms with Gasteiger partial charge in [0.15, 0.2) is 5.75 Å². The molecule has 0 radical (unpaired) electrons. The van der Waals surface area contributed by atoms with E-state index >= 15 is 0 Å². The fourth-order valence-corrected chi connectivity index (χ4v) is 1.97. The van der Waals surface area contributed by atoms with Gasteiger partial charge >= 0.3 is 0 Å². The first-order valence-corrected chi connectivity index (χ1v) is 5.25. The lowest BCUT2D eigenvalue weighted by Crippen LogP contribution is -2.50. The van der Waals surface area contributed by atoms with E-state index in [9.17, 15) is 8.42 Å². The summed E-state index contributed by atoms with van der Waals surface area (Å²) in [4.78, 5) is 0. The van der Waals surface area contributed by atoms with E-state index in [-0.39, 0.29) is 6.04 Å². The van der Waals surface area contributed by atoms with Crippen LogP contribution in [0.5, 0.6) is 0 Å². The maximum absolute atomic E-state index is 10.9. The molecule has 2 atom stereocenters. The maximum atomic E-state index is 10.9. The lowest BCUT2D eigenvalue weighted by molar-refractivity contribution is 0.0613. The van der Waals surface area contributed by atoms with Crippen molar-refractivity contribution >= 4 is 10.0 Å². The number of sulfonamides is 1. The number of aliphatic hydroxyl groups is 1. The molecule has 0 aliphatic heterocycles. The van der Waals surface area contributed by atoms with Gasteiger partial charge in [-0.25, -0.2) is 13.1 Å². The topological polar surface area (TPSA) is 90.2 Å². The van der Waals surface area contributed by atoms with Gasteiger partial charge in [-0.2, -0.15) is 5.26 Å². The Labute approximate surface area is 71.1 Å². The Balaban J connectivity index is 2.46. The zero-order chi connectivity index (χ0) is 9.19. The van der Waals surface area contributed by atoms with E-state index < -0.39 is 21.9 Å². The fourth-order valence-electron chi connectivity index (χ4n) is 0.977. The van der Waals surface area contributed by atoms with Gasteiger partial charge in [-0.05, 0) is 12.8 Å². The molecule has 1 rings (SSSR count). The second-order valence-electron chi connectivity index (χ2n) is 2.79. The molecule has 68 valence electrons. The van der Waals surface area contributed by atoms with Crippen molar-refractivity contribution in [3.05, 3.63) is 0 Å². The Hall–Kier alpha value is -0.640. The lowest BCUT2D eigenvalue weighted by Gasteiger charge is -2.32. The van der Waals surface area contributed by atoms with Crippen LogP contribution in [0.25, 0.3) is 0 Å². The quantitative estimate of drug-likeness (QED) is 0.594. The molecule has 1 aliphatic carbocycles. The highest BCUT2D eigenvalue weighted by atomic mass is 32.2. The lowest BCUT2D eigenvalue weighted by atomic mass is 9.90. The molecule has 0 saturated heterocycles. The second kappa shape index (κ2) is 3.39. The first kappa shape index (κ1) is 9.45. The average Bonchev–Trinajstić information content (AvgIpc) is 1.98. The van der Waals surface area contributed by atoms with E-state index in [4.69, 9.17) is 10.4 Å². The zero-order valence-corrected chi connectivity index (χ0v) is 7.21. The first-order valence-electron chi connectivity index (χ1n) is 3.60. The van der Waals surface area contributed by atoms with Crippen molar-refractivity contribution in [3.63, 3.8) is 0 Å². The molecule has 5 nitrogen and oxygen atoms in total. The summed E-state index contributed by atoms with van der Waals surface area (Å²) in [6.07, 6.45) is 0.685. The molecule has 0 spiro atoms. The van der Waals surface area contributed by atoms with E-state index in [0.717, 1.165) is 0 Å². The Morgan fingerprint density at radius 3 is 2.58 bits per heavy atom. The Morgan fingerprint density at radius 2 is 2.25 bits per heavy atom. The molecule has 0 amide bonds. The van der Waals surface area contributed by atoms with Gasteiger partial charge in [-0.3, -0.25) is 0 Å². The van der Waals surface area contributed by atoms with Gasteiger partial charge < -0.3 is 5.11 Å². The minimum Gasteiger partial charge on any atom is -0.391 e. The van der Waals surface area contributed by atoms with Gasteiger partial charge in [0.25, 0.3) is 0 Å². The molecular formula is C6H10N2O3S. The number of hydrogen-bond acceptors (Lipinski definition) is 4. The third kappa shape index (κ3) is 2.17. The van der Waals surface area contributed by atoms with Crippen LogP contribution in [-0.2, 0) is 10.0 Å². The summed E-state index contributed by atoms with van der Waals surface area (Å²) in [6.45, 7) is 0. The van der Waals surface area contributed by atoms with Crippen LogP contribution in [0.15, 0.2) is 0 Å². The molecule has 0 heterocycles. The molecule has 1 aliphatic rings. The monoisotopic (exact) mass is 190 g/mol. The van der Waals surface area contributed by atoms with Crippen molar-refractivity contribution in [1.29, 1.82) is 5.26 Å². The predicted octanol–water partition coefficient (Wildman–Crippen LogP) is -1.05. The van der Waals surface area contributed by atoms with Crippen LogP contribution < -0.4 is 4.72 Å². The molecule has 6 heteroatoms. The van der Waals surface area contributed by atoms with Crippen LogP contribution in [-0.4, -0.2) is 31.4 Å². The Morgan fingerprint density at radius 1 is 1.58 bits per heavy atom. The minimum atomic E-state index is -3.50. The van der Waals surface area contributed by atoms with Gasteiger partial charge in [0.05, 0.1) is 12.2 Å². The second-order valence-corrected chi connectivity index (χ2v) is 4.54. The summed E-state index contributed by atoms with van der Waals surface area (Å²) >= 11 is 0. The summed E-state index contributed by atoms with van der Waals surface area (Å²) in [6, 6.07) is 1.16. The number of nitrogens with zero attached hydrogens (tertiary/aromatic N) is 1. The van der Waals surface area contributed by atoms with Crippen LogP contribution in [0, 0.1) is 11.3 Å². The van der Waals surface area contributed by atoms with Crippen LogP contribution >= 0.6 is 0 Å². The van der Waals surface area contributed by atoms with Crippen molar-refractivity contribution in [2.75, 3.05) is 5.75 Å². The summed E-state index contributed by atoms with van der Waals surface area (Å²) in [5, 5.41) is 17.2. The SMILES string of the molecule is N#CCS(=O)(=O)N[C@@H]1CC[C@H]1O. The molecule has 0 aromatic heterocycles. The van der Waals surface area contributed by atoms with E-state index in [1.165, 1.54) is 0 Å². The average molecular weight is 190 g/mol. The molecule has 1 fully saturated rings. The van der Waals surface area contributed by atoms with Crippen LogP contribution in [0.3, 0.4) is 0 Å². The van der Waals surface area contributed by atoms with Gasteiger partial charge in [-0.1, -0.05) is 0 Å². The van der Waals surface area contributed by atoms with Crippen molar-refractivity contribution in [1.82, 2.24) is 4.72 Å². The smallest absolute Gasteiger partial charge is 0.225 e. The first-order chi connectivity index (χ1) is 5.55. The molecule has 1 saturated carbocycles. The third-order valence-corrected chi connectivity index (χ3v) is 2.99. The molecule has 2 N–H and O–H groups in total. The van der Waals surface area contributed by atoms with Crippen molar-refractivity contribution < 1.29 is 13.5 Å². The molecule has 0 aromatic rings. The number of aliphatic hydroxyl groups excluding tert-OH is 1. The Kier molecular flexibility index (Phi) is 2.67. The zero-order valence-electron chi connectivity index (χ0n) is 6.40. The molecule has 0 unspecified atom stereocenters. The van der Waals surface area contributed by atoms with Crippen molar-refractivity contribution in [2.24, 2.45) is 0 Å². The molecule has 0 bridgehead atoms. The van der Waals surface area contributed by atoms with E-state index in [2.05, 4.69) is 4.72 Å². The summed E-state index contributed by atoms with van der Waals surface area (Å²) < 4.78 is 24.1. The van der Waals surface area contributed by atoms with Gasteiger partial charge in [0, 0.05) is 6.04 Å². The molecular weight excluding hydrogens is 180 g/mol. The van der Waals surface area contributed by atoms with E-state index in [1.54, 1.807) is 6.07 Å². The largest absolute Gasteiger partial charge is 0.391 e. The highest BCUT2D eigenvalue weighted by Gasteiger charge is 2.31. The standard InChI is InChI=1S/C6H10N2O3S/c7-3-4-12(10,11)8-5-1-2-6(5)9/h5-6,8-9H,1-2,4H2/t5-,6-/m1/s1. The van der Waals surface area contributed by atoms with Gasteiger partial charge in [0.1, 0.15) is 0 Å². The van der Waals surface area contributed by atoms with Crippen LogP contribution in [0.1, 0.15) is 12.8 Å². The summed E-state index contributed by atoms with van der Waals surface area (Å²) in [5.74, 6) is -0.545. The minimum absolute atomic E-state index is 0.386. The van der Waals surface area contributed by atoms with Gasteiger partial charge in [-0.15, -0.1) is 0 Å². The predicted molar refractivity (Wildman–Crippen MR) is 41.6 cm³/mol. The highest BCUT2D eigenvalue weighted by Crippen LogP contribution is 2.19. The molecule has 12 heavy (non-hydrogen) atoms. The normalized spacial score (nSPS) is 29.0. The Bertz CT molecular complexity index is 292. The maximum Gasteiger partial charge on any atom is 0.225 e. The third-order valence-electron chi connectivity index (χ3n) is 1.82. The number of nitriles is 1. The number of nitrogens with one attached hydrogen (secondary N) is 1. The van der Waals surface area contributed by atoms with Crippen LogP contribution in [0.2, 0.25) is 0 Å². The fraction of sp³-hybridized carbons (Fsp3) is 0.833. The highest BCUT2D eigenvalue weighted by molar-refractivity contribution is 7.89. The number of hydrogen-bond donors (Lipinski definition) is 2. The molecule has 0 aromatic carbocycles. The van der Waals surface area contributed by atoms with Crippen molar-refractivity contribution in [3.8, 4) is 6.07 Å². The van der Waals surface area contributed by atoms with Crippen molar-refractivity contribution in [2.45, 2.75) is 25.0 Å².